The van der Waals surface area contributed by atoms with Gasteiger partial charge >= 0.3 is 0 Å². The maximum atomic E-state index is 13.4. The van der Waals surface area contributed by atoms with Gasteiger partial charge in [0, 0.05) is 36.7 Å². The second-order valence-electron chi connectivity index (χ2n) is 9.18. The molecule has 0 spiro atoms. The standard InChI is InChI=1S/C25H34N4O3/c1-17-7-6-8-18(2)29(17)25(31)21-16-26-27-24(21)19-11-13-28(14-12-19)23(30)15-20-9-4-5-10-22(20)32-3/h4-5,9-10,16-19H,6-8,11-15H2,1-3H3,(H,26,27)/t17-,18+. The van der Waals surface area contributed by atoms with E-state index >= 15 is 0 Å². The smallest absolute Gasteiger partial charge is 0.257 e. The summed E-state index contributed by atoms with van der Waals surface area (Å²) in [5.41, 5.74) is 2.54. The molecule has 0 radical (unpaired) electrons. The van der Waals surface area contributed by atoms with Crippen LogP contribution in [0.5, 0.6) is 5.75 Å². The summed E-state index contributed by atoms with van der Waals surface area (Å²) >= 11 is 0. The molecule has 0 unspecified atom stereocenters. The van der Waals surface area contributed by atoms with Gasteiger partial charge in [0.1, 0.15) is 5.75 Å². The topological polar surface area (TPSA) is 78.5 Å². The number of methoxy groups -OCH3 is 1. The number of benzene rings is 1. The number of hydrogen-bond acceptors (Lipinski definition) is 4. The summed E-state index contributed by atoms with van der Waals surface area (Å²) < 4.78 is 5.38. The average Bonchev–Trinajstić information content (AvgIpc) is 3.29. The molecule has 1 aromatic heterocycles. The van der Waals surface area contributed by atoms with Gasteiger partial charge in [0.25, 0.3) is 5.91 Å². The van der Waals surface area contributed by atoms with Crippen molar-refractivity contribution < 1.29 is 14.3 Å². The number of carbonyl (C=O) groups excluding carboxylic acids is 2. The van der Waals surface area contributed by atoms with Gasteiger partial charge in [-0.3, -0.25) is 14.7 Å². The van der Waals surface area contributed by atoms with E-state index < -0.39 is 0 Å². The fourth-order valence-corrected chi connectivity index (χ4v) is 5.28. The van der Waals surface area contributed by atoms with Crippen molar-refractivity contribution in [2.24, 2.45) is 0 Å². The number of likely N-dealkylation sites (tertiary alicyclic amines) is 2. The second kappa shape index (κ2) is 9.76. The molecule has 0 saturated carbocycles. The second-order valence-corrected chi connectivity index (χ2v) is 9.18. The van der Waals surface area contributed by atoms with E-state index in [1.807, 2.05) is 34.1 Å². The van der Waals surface area contributed by atoms with Crippen molar-refractivity contribution >= 4 is 11.8 Å². The maximum absolute atomic E-state index is 13.4. The Bertz CT molecular complexity index is 938. The Morgan fingerprint density at radius 3 is 2.47 bits per heavy atom. The first-order chi connectivity index (χ1) is 15.5. The Hall–Kier alpha value is -2.83. The van der Waals surface area contributed by atoms with Crippen LogP contribution >= 0.6 is 0 Å². The molecule has 4 rings (SSSR count). The lowest BCUT2D eigenvalue weighted by Crippen LogP contribution is -2.47. The Balaban J connectivity index is 1.39. The predicted molar refractivity (Wildman–Crippen MR) is 123 cm³/mol. The quantitative estimate of drug-likeness (QED) is 0.771. The minimum Gasteiger partial charge on any atom is -0.496 e. The van der Waals surface area contributed by atoms with Crippen molar-refractivity contribution in [3.63, 3.8) is 0 Å². The van der Waals surface area contributed by atoms with Gasteiger partial charge in [-0.2, -0.15) is 5.10 Å². The Labute approximate surface area is 190 Å². The number of nitrogens with one attached hydrogen (secondary N) is 1. The molecule has 1 N–H and O–H groups in total. The normalized spacial score (nSPS) is 22.1. The molecule has 3 heterocycles. The third-order valence-corrected chi connectivity index (χ3v) is 7.12. The van der Waals surface area contributed by atoms with Crippen LogP contribution in [0, 0.1) is 0 Å². The summed E-state index contributed by atoms with van der Waals surface area (Å²) in [5, 5.41) is 7.33. The summed E-state index contributed by atoms with van der Waals surface area (Å²) in [6.07, 6.45) is 6.95. The Morgan fingerprint density at radius 1 is 1.09 bits per heavy atom. The molecular weight excluding hydrogens is 404 g/mol. The molecule has 0 aliphatic carbocycles. The molecule has 172 valence electrons. The number of piperidine rings is 2. The summed E-state index contributed by atoms with van der Waals surface area (Å²) in [4.78, 5) is 30.2. The third kappa shape index (κ3) is 4.52. The van der Waals surface area contributed by atoms with Crippen molar-refractivity contribution in [2.45, 2.75) is 70.4 Å². The zero-order valence-electron chi connectivity index (χ0n) is 19.3. The highest BCUT2D eigenvalue weighted by Gasteiger charge is 2.34. The predicted octanol–water partition coefficient (Wildman–Crippen LogP) is 3.77. The molecule has 2 aliphatic rings. The molecule has 32 heavy (non-hydrogen) atoms. The van der Waals surface area contributed by atoms with Gasteiger partial charge in [0.2, 0.25) is 5.91 Å². The number of aromatic amines is 1. The molecule has 2 fully saturated rings. The first-order valence-corrected chi connectivity index (χ1v) is 11.7. The van der Waals surface area contributed by atoms with Crippen LogP contribution in [0.2, 0.25) is 0 Å². The van der Waals surface area contributed by atoms with Crippen LogP contribution in [-0.4, -0.2) is 64.1 Å². The minimum atomic E-state index is 0.0862. The summed E-state index contributed by atoms with van der Waals surface area (Å²) in [6.45, 7) is 5.64. The number of hydrogen-bond donors (Lipinski definition) is 1. The molecule has 0 bridgehead atoms. The van der Waals surface area contributed by atoms with E-state index in [9.17, 15) is 9.59 Å². The van der Waals surface area contributed by atoms with Crippen molar-refractivity contribution in [2.75, 3.05) is 20.2 Å². The minimum absolute atomic E-state index is 0.0862. The molecule has 2 aliphatic heterocycles. The number of para-hydroxylation sites is 1. The van der Waals surface area contributed by atoms with E-state index in [-0.39, 0.29) is 29.8 Å². The zero-order chi connectivity index (χ0) is 22.7. The van der Waals surface area contributed by atoms with Gasteiger partial charge in [-0.15, -0.1) is 0 Å². The molecular formula is C25H34N4O3. The number of aromatic nitrogens is 2. The van der Waals surface area contributed by atoms with Crippen molar-refractivity contribution in [1.29, 1.82) is 0 Å². The molecule has 7 nitrogen and oxygen atoms in total. The molecule has 2 saturated heterocycles. The highest BCUT2D eigenvalue weighted by molar-refractivity contribution is 5.95. The van der Waals surface area contributed by atoms with Crippen molar-refractivity contribution in [3.05, 3.63) is 47.3 Å². The SMILES string of the molecule is COc1ccccc1CC(=O)N1CCC(c2[nH]ncc2C(=O)N2[C@H](C)CCC[C@@H]2C)CC1. The number of amides is 2. The van der Waals surface area contributed by atoms with E-state index in [0.717, 1.165) is 42.7 Å². The number of nitrogens with zero attached hydrogens (tertiary/aromatic N) is 3. The van der Waals surface area contributed by atoms with Crippen LogP contribution in [0.1, 0.15) is 73.5 Å². The highest BCUT2D eigenvalue weighted by Crippen LogP contribution is 2.32. The molecule has 2 aromatic rings. The largest absolute Gasteiger partial charge is 0.496 e. The first-order valence-electron chi connectivity index (χ1n) is 11.7. The van der Waals surface area contributed by atoms with E-state index in [2.05, 4.69) is 24.0 Å². The third-order valence-electron chi connectivity index (χ3n) is 7.12. The number of H-pyrrole nitrogens is 1. The number of carbonyl (C=O) groups is 2. The lowest BCUT2D eigenvalue weighted by Gasteiger charge is -2.39. The molecule has 2 amide bonds. The van der Waals surface area contributed by atoms with Gasteiger partial charge in [0.05, 0.1) is 31.0 Å². The Morgan fingerprint density at radius 2 is 1.78 bits per heavy atom. The monoisotopic (exact) mass is 438 g/mol. The highest BCUT2D eigenvalue weighted by atomic mass is 16.5. The van der Waals surface area contributed by atoms with E-state index in [1.165, 1.54) is 6.42 Å². The van der Waals surface area contributed by atoms with Crippen molar-refractivity contribution in [1.82, 2.24) is 20.0 Å². The maximum Gasteiger partial charge on any atom is 0.257 e. The molecule has 7 heteroatoms. The number of ether oxygens (including phenoxy) is 1. The summed E-state index contributed by atoms with van der Waals surface area (Å²) in [7, 11) is 1.63. The lowest BCUT2D eigenvalue weighted by atomic mass is 9.90. The summed E-state index contributed by atoms with van der Waals surface area (Å²) in [5.74, 6) is 1.16. The summed E-state index contributed by atoms with van der Waals surface area (Å²) in [6, 6.07) is 8.17. The van der Waals surface area contributed by atoms with Gasteiger partial charge < -0.3 is 14.5 Å². The fraction of sp³-hybridized carbons (Fsp3) is 0.560. The van der Waals surface area contributed by atoms with E-state index in [0.29, 0.717) is 25.1 Å². The van der Waals surface area contributed by atoms with Crippen LogP contribution in [0.4, 0.5) is 0 Å². The van der Waals surface area contributed by atoms with E-state index in [4.69, 9.17) is 4.74 Å². The van der Waals surface area contributed by atoms with E-state index in [1.54, 1.807) is 13.3 Å². The zero-order valence-corrected chi connectivity index (χ0v) is 19.3. The van der Waals surface area contributed by atoms with Crippen LogP contribution in [0.15, 0.2) is 30.5 Å². The number of rotatable bonds is 5. The first kappa shape index (κ1) is 22.4. The molecule has 1 aromatic carbocycles. The van der Waals surface area contributed by atoms with Gasteiger partial charge in [-0.05, 0) is 52.0 Å². The van der Waals surface area contributed by atoms with Crippen LogP contribution in [-0.2, 0) is 11.2 Å². The van der Waals surface area contributed by atoms with Gasteiger partial charge in [-0.1, -0.05) is 18.2 Å². The average molecular weight is 439 g/mol. The fourth-order valence-electron chi connectivity index (χ4n) is 5.28. The van der Waals surface area contributed by atoms with Crippen LogP contribution < -0.4 is 4.74 Å². The lowest BCUT2D eigenvalue weighted by molar-refractivity contribution is -0.131. The Kier molecular flexibility index (Phi) is 6.82. The molecule has 2 atom stereocenters. The van der Waals surface area contributed by atoms with Crippen LogP contribution in [0.25, 0.3) is 0 Å². The van der Waals surface area contributed by atoms with Crippen molar-refractivity contribution in [3.8, 4) is 5.75 Å². The van der Waals surface area contributed by atoms with Gasteiger partial charge in [0.15, 0.2) is 0 Å². The van der Waals surface area contributed by atoms with Gasteiger partial charge in [-0.25, -0.2) is 0 Å². The van der Waals surface area contributed by atoms with Crippen LogP contribution in [0.3, 0.4) is 0 Å².